The lowest BCUT2D eigenvalue weighted by Crippen LogP contribution is -2.26. The summed E-state index contributed by atoms with van der Waals surface area (Å²) in [7, 11) is 0. The maximum Gasteiger partial charge on any atom is 0.251 e. The molecule has 0 spiro atoms. The summed E-state index contributed by atoms with van der Waals surface area (Å²) < 4.78 is 0. The predicted octanol–water partition coefficient (Wildman–Crippen LogP) is 2.83. The van der Waals surface area contributed by atoms with Gasteiger partial charge in [-0.25, -0.2) is 4.98 Å². The Morgan fingerprint density at radius 3 is 2.67 bits per heavy atom. The highest BCUT2D eigenvalue weighted by atomic mass is 16.1. The van der Waals surface area contributed by atoms with Crippen molar-refractivity contribution in [2.75, 3.05) is 13.1 Å². The van der Waals surface area contributed by atoms with E-state index in [1.165, 1.54) is 0 Å². The molecule has 4 heteroatoms. The third kappa shape index (κ3) is 4.39. The second kappa shape index (κ2) is 6.99. The standard InChI is InChI=1S/C17H21N3O/c1-4-20(11-13(2)3)12-15-10-16(21)19-17(18-15)14-8-6-5-7-9-14/h5-10H,2,4,11-12H2,1,3H3,(H,18,19,21). The Morgan fingerprint density at radius 2 is 2.05 bits per heavy atom. The SMILES string of the molecule is C=C(C)CN(CC)Cc1cc(=O)[nH]c(-c2ccccc2)n1. The van der Waals surface area contributed by atoms with Crippen molar-refractivity contribution in [2.24, 2.45) is 0 Å². The third-order valence-electron chi connectivity index (χ3n) is 3.17. The number of aromatic nitrogens is 2. The smallest absolute Gasteiger partial charge is 0.251 e. The number of aromatic amines is 1. The fourth-order valence-electron chi connectivity index (χ4n) is 2.21. The van der Waals surface area contributed by atoms with Gasteiger partial charge in [-0.05, 0) is 13.5 Å². The van der Waals surface area contributed by atoms with Crippen LogP contribution in [0.15, 0.2) is 53.3 Å². The van der Waals surface area contributed by atoms with Crippen LogP contribution in [0.5, 0.6) is 0 Å². The van der Waals surface area contributed by atoms with E-state index in [-0.39, 0.29) is 5.56 Å². The Morgan fingerprint density at radius 1 is 1.33 bits per heavy atom. The largest absolute Gasteiger partial charge is 0.307 e. The molecular formula is C17H21N3O. The van der Waals surface area contributed by atoms with Gasteiger partial charge in [0.1, 0.15) is 5.82 Å². The monoisotopic (exact) mass is 283 g/mol. The zero-order valence-electron chi connectivity index (χ0n) is 12.6. The van der Waals surface area contributed by atoms with Crippen molar-refractivity contribution in [3.63, 3.8) is 0 Å². The first-order chi connectivity index (χ1) is 10.1. The Labute approximate surface area is 125 Å². The summed E-state index contributed by atoms with van der Waals surface area (Å²) in [6.07, 6.45) is 0. The first-order valence-electron chi connectivity index (χ1n) is 7.11. The van der Waals surface area contributed by atoms with Gasteiger partial charge in [-0.15, -0.1) is 0 Å². The van der Waals surface area contributed by atoms with Crippen LogP contribution in [0, 0.1) is 0 Å². The van der Waals surface area contributed by atoms with Crippen molar-refractivity contribution < 1.29 is 0 Å². The van der Waals surface area contributed by atoms with E-state index in [9.17, 15) is 4.79 Å². The Kier molecular flexibility index (Phi) is 5.06. The highest BCUT2D eigenvalue weighted by Gasteiger charge is 2.08. The summed E-state index contributed by atoms with van der Waals surface area (Å²) in [6.45, 7) is 10.4. The number of likely N-dealkylation sites (N-methyl/N-ethyl adjacent to an activating group) is 1. The van der Waals surface area contributed by atoms with Crippen molar-refractivity contribution in [3.8, 4) is 11.4 Å². The van der Waals surface area contributed by atoms with E-state index >= 15 is 0 Å². The number of rotatable bonds is 6. The summed E-state index contributed by atoms with van der Waals surface area (Å²) in [4.78, 5) is 21.4. The summed E-state index contributed by atoms with van der Waals surface area (Å²) >= 11 is 0. The van der Waals surface area contributed by atoms with Gasteiger partial charge in [-0.2, -0.15) is 0 Å². The molecule has 1 aromatic carbocycles. The van der Waals surface area contributed by atoms with Gasteiger partial charge in [0.2, 0.25) is 0 Å². The predicted molar refractivity (Wildman–Crippen MR) is 86.1 cm³/mol. The van der Waals surface area contributed by atoms with Crippen molar-refractivity contribution in [1.29, 1.82) is 0 Å². The summed E-state index contributed by atoms with van der Waals surface area (Å²) in [5, 5.41) is 0. The van der Waals surface area contributed by atoms with Crippen LogP contribution in [-0.2, 0) is 6.54 Å². The molecule has 0 aliphatic heterocycles. The molecular weight excluding hydrogens is 262 g/mol. The van der Waals surface area contributed by atoms with Gasteiger partial charge in [-0.3, -0.25) is 9.69 Å². The molecule has 0 bridgehead atoms. The van der Waals surface area contributed by atoms with Gasteiger partial charge in [0.15, 0.2) is 0 Å². The zero-order chi connectivity index (χ0) is 15.2. The van der Waals surface area contributed by atoms with E-state index in [2.05, 4.69) is 28.4 Å². The van der Waals surface area contributed by atoms with Gasteiger partial charge in [-0.1, -0.05) is 49.4 Å². The van der Waals surface area contributed by atoms with Crippen LogP contribution >= 0.6 is 0 Å². The highest BCUT2D eigenvalue weighted by molar-refractivity contribution is 5.54. The number of benzene rings is 1. The normalized spacial score (nSPS) is 10.8. The first kappa shape index (κ1) is 15.2. The highest BCUT2D eigenvalue weighted by Crippen LogP contribution is 2.13. The minimum absolute atomic E-state index is 0.120. The van der Waals surface area contributed by atoms with Crippen LogP contribution in [-0.4, -0.2) is 28.0 Å². The third-order valence-corrected chi connectivity index (χ3v) is 3.17. The summed E-state index contributed by atoms with van der Waals surface area (Å²) in [5.74, 6) is 0.615. The number of nitrogens with one attached hydrogen (secondary N) is 1. The molecule has 0 unspecified atom stereocenters. The molecule has 1 N–H and O–H groups in total. The van der Waals surface area contributed by atoms with Crippen LogP contribution in [0.25, 0.3) is 11.4 Å². The van der Waals surface area contributed by atoms with Gasteiger partial charge in [0.05, 0.1) is 5.69 Å². The molecule has 110 valence electrons. The number of H-pyrrole nitrogens is 1. The van der Waals surface area contributed by atoms with E-state index < -0.39 is 0 Å². The molecule has 0 fully saturated rings. The molecule has 0 aliphatic carbocycles. The van der Waals surface area contributed by atoms with Gasteiger partial charge >= 0.3 is 0 Å². The van der Waals surface area contributed by atoms with E-state index in [4.69, 9.17) is 0 Å². The molecule has 1 heterocycles. The maximum absolute atomic E-state index is 11.8. The summed E-state index contributed by atoms with van der Waals surface area (Å²) in [5.41, 5.74) is 2.68. The topological polar surface area (TPSA) is 49.0 Å². The van der Waals surface area contributed by atoms with Crippen LogP contribution in [0.3, 0.4) is 0 Å². The molecule has 0 aliphatic rings. The molecule has 2 aromatic rings. The fraction of sp³-hybridized carbons (Fsp3) is 0.294. The lowest BCUT2D eigenvalue weighted by atomic mass is 10.2. The van der Waals surface area contributed by atoms with Crippen LogP contribution in [0.2, 0.25) is 0 Å². The Balaban J connectivity index is 2.27. The van der Waals surface area contributed by atoms with Gasteiger partial charge < -0.3 is 4.98 Å². The Hall–Kier alpha value is -2.20. The van der Waals surface area contributed by atoms with Crippen LogP contribution in [0.1, 0.15) is 19.5 Å². The Bertz CT molecular complexity index is 661. The average Bonchev–Trinajstić information content (AvgIpc) is 2.46. The average molecular weight is 283 g/mol. The molecule has 4 nitrogen and oxygen atoms in total. The van der Waals surface area contributed by atoms with Crippen LogP contribution < -0.4 is 5.56 Å². The lowest BCUT2D eigenvalue weighted by Gasteiger charge is -2.20. The second-order valence-corrected chi connectivity index (χ2v) is 5.21. The molecule has 0 atom stereocenters. The summed E-state index contributed by atoms with van der Waals surface area (Å²) in [6, 6.07) is 11.2. The first-order valence-corrected chi connectivity index (χ1v) is 7.11. The van der Waals surface area contributed by atoms with Crippen LogP contribution in [0.4, 0.5) is 0 Å². The van der Waals surface area contributed by atoms with Crippen molar-refractivity contribution >= 4 is 0 Å². The molecule has 0 saturated heterocycles. The zero-order valence-corrected chi connectivity index (χ0v) is 12.6. The lowest BCUT2D eigenvalue weighted by molar-refractivity contribution is 0.300. The molecule has 21 heavy (non-hydrogen) atoms. The molecule has 2 rings (SSSR count). The molecule has 0 amide bonds. The van der Waals surface area contributed by atoms with E-state index in [1.807, 2.05) is 37.3 Å². The number of nitrogens with zero attached hydrogens (tertiary/aromatic N) is 2. The van der Waals surface area contributed by atoms with Gasteiger partial charge in [0.25, 0.3) is 5.56 Å². The maximum atomic E-state index is 11.8. The second-order valence-electron chi connectivity index (χ2n) is 5.21. The molecule has 0 radical (unpaired) electrons. The number of hydrogen-bond acceptors (Lipinski definition) is 3. The van der Waals surface area contributed by atoms with Crippen molar-refractivity contribution in [3.05, 3.63) is 64.6 Å². The van der Waals surface area contributed by atoms with E-state index in [0.29, 0.717) is 12.4 Å². The van der Waals surface area contributed by atoms with Crippen molar-refractivity contribution in [2.45, 2.75) is 20.4 Å². The quantitative estimate of drug-likeness (QED) is 0.829. The molecule has 0 saturated carbocycles. The van der Waals surface area contributed by atoms with Gasteiger partial charge in [0, 0.05) is 24.7 Å². The molecule has 1 aromatic heterocycles. The minimum atomic E-state index is -0.120. The number of hydrogen-bond donors (Lipinski definition) is 1. The van der Waals surface area contributed by atoms with E-state index in [0.717, 1.165) is 29.9 Å². The fourth-order valence-corrected chi connectivity index (χ4v) is 2.21. The minimum Gasteiger partial charge on any atom is -0.307 e. The van der Waals surface area contributed by atoms with E-state index in [1.54, 1.807) is 6.07 Å². The van der Waals surface area contributed by atoms with Crippen molar-refractivity contribution in [1.82, 2.24) is 14.9 Å².